The number of aromatic nitrogens is 2. The van der Waals surface area contributed by atoms with E-state index in [1.165, 1.54) is 18.2 Å². The first-order valence-corrected chi connectivity index (χ1v) is 7.13. The number of aryl methyl sites for hydroxylation is 2. The Hall–Kier alpha value is -1.94. The first-order chi connectivity index (χ1) is 10.1. The largest absolute Gasteiger partial charge is 0.293 e. The van der Waals surface area contributed by atoms with Crippen LogP contribution in [-0.2, 0) is 6.42 Å². The van der Waals surface area contributed by atoms with Gasteiger partial charge in [-0.25, -0.2) is 13.8 Å². The smallest absolute Gasteiger partial charge is 0.147 e. The van der Waals surface area contributed by atoms with Crippen LogP contribution in [0.2, 0.25) is 0 Å². The van der Waals surface area contributed by atoms with E-state index in [2.05, 4.69) is 4.98 Å². The molecule has 0 aliphatic heterocycles. The van der Waals surface area contributed by atoms with Crippen LogP contribution in [-0.4, -0.2) is 15.4 Å². The molecule has 21 heavy (non-hydrogen) atoms. The van der Waals surface area contributed by atoms with Gasteiger partial charge in [-0.15, -0.1) is 11.6 Å². The number of rotatable bonds is 3. The lowest BCUT2D eigenvalue weighted by atomic mass is 10.2. The number of halogens is 3. The summed E-state index contributed by atoms with van der Waals surface area (Å²) in [4.78, 5) is 4.38. The first-order valence-electron chi connectivity index (χ1n) is 6.59. The Morgan fingerprint density at radius 1 is 1.14 bits per heavy atom. The Morgan fingerprint density at radius 3 is 2.71 bits per heavy atom. The monoisotopic (exact) mass is 306 g/mol. The van der Waals surface area contributed by atoms with Gasteiger partial charge in [0.2, 0.25) is 0 Å². The van der Waals surface area contributed by atoms with Crippen molar-refractivity contribution in [3.8, 4) is 5.69 Å². The van der Waals surface area contributed by atoms with Gasteiger partial charge >= 0.3 is 0 Å². The fourth-order valence-corrected chi connectivity index (χ4v) is 2.59. The van der Waals surface area contributed by atoms with Crippen LogP contribution in [0.5, 0.6) is 0 Å². The minimum absolute atomic E-state index is 0.347. The van der Waals surface area contributed by atoms with E-state index in [9.17, 15) is 8.78 Å². The van der Waals surface area contributed by atoms with Crippen molar-refractivity contribution in [1.82, 2.24) is 9.55 Å². The van der Waals surface area contributed by atoms with Crippen LogP contribution in [0.1, 0.15) is 11.4 Å². The number of alkyl halides is 1. The van der Waals surface area contributed by atoms with Crippen LogP contribution in [0, 0.1) is 18.6 Å². The second-order valence-electron chi connectivity index (χ2n) is 4.89. The van der Waals surface area contributed by atoms with Crippen molar-refractivity contribution in [3.05, 3.63) is 59.4 Å². The normalized spacial score (nSPS) is 11.2. The number of hydrogen-bond donors (Lipinski definition) is 0. The van der Waals surface area contributed by atoms with E-state index in [4.69, 9.17) is 11.6 Å². The predicted octanol–water partition coefficient (Wildman–Crippen LogP) is 4.39. The van der Waals surface area contributed by atoms with Crippen LogP contribution in [0.3, 0.4) is 0 Å². The highest BCUT2D eigenvalue weighted by Crippen LogP contribution is 2.25. The molecule has 0 atom stereocenters. The quantitative estimate of drug-likeness (QED) is 0.656. The Kier molecular flexibility index (Phi) is 3.64. The second kappa shape index (κ2) is 5.45. The average Bonchev–Trinajstić information content (AvgIpc) is 2.79. The van der Waals surface area contributed by atoms with E-state index in [0.29, 0.717) is 34.8 Å². The highest BCUT2D eigenvalue weighted by Gasteiger charge is 2.15. The van der Waals surface area contributed by atoms with Crippen LogP contribution < -0.4 is 0 Å². The summed E-state index contributed by atoms with van der Waals surface area (Å²) >= 11 is 5.80. The molecule has 0 saturated carbocycles. The fraction of sp³-hybridized carbons (Fsp3) is 0.188. The summed E-state index contributed by atoms with van der Waals surface area (Å²) in [5.74, 6) is 0.267. The summed E-state index contributed by atoms with van der Waals surface area (Å²) < 4.78 is 29.3. The minimum atomic E-state index is -0.366. The van der Waals surface area contributed by atoms with Gasteiger partial charge in [-0.2, -0.15) is 0 Å². The third-order valence-electron chi connectivity index (χ3n) is 3.35. The van der Waals surface area contributed by atoms with E-state index in [1.54, 1.807) is 22.8 Å². The van der Waals surface area contributed by atoms with Gasteiger partial charge in [0.1, 0.15) is 17.5 Å². The van der Waals surface area contributed by atoms with Gasteiger partial charge in [-0.3, -0.25) is 4.57 Å². The van der Waals surface area contributed by atoms with Crippen molar-refractivity contribution in [2.75, 3.05) is 5.88 Å². The zero-order chi connectivity index (χ0) is 15.0. The van der Waals surface area contributed by atoms with Crippen molar-refractivity contribution >= 4 is 22.6 Å². The van der Waals surface area contributed by atoms with E-state index < -0.39 is 0 Å². The molecule has 0 unspecified atom stereocenters. The molecule has 0 N–H and O–H groups in total. The van der Waals surface area contributed by atoms with E-state index >= 15 is 0 Å². The van der Waals surface area contributed by atoms with Crippen LogP contribution in [0.25, 0.3) is 16.7 Å². The molecule has 0 saturated heterocycles. The minimum Gasteiger partial charge on any atom is -0.293 e. The zero-order valence-corrected chi connectivity index (χ0v) is 12.2. The summed E-state index contributed by atoms with van der Waals surface area (Å²) in [6.45, 7) is 1.89. The lowest BCUT2D eigenvalue weighted by Gasteiger charge is -2.10. The van der Waals surface area contributed by atoms with Crippen LogP contribution >= 0.6 is 11.6 Å². The van der Waals surface area contributed by atoms with Gasteiger partial charge in [-0.1, -0.05) is 6.07 Å². The maximum atomic E-state index is 14.2. The Bertz CT molecular complexity index is 811. The fourth-order valence-electron chi connectivity index (χ4n) is 2.42. The number of nitrogens with zero attached hydrogens (tertiary/aromatic N) is 2. The third-order valence-corrected chi connectivity index (χ3v) is 3.54. The number of imidazole rings is 1. The molecule has 108 valence electrons. The molecular formula is C16H13ClF2N2. The lowest BCUT2D eigenvalue weighted by molar-refractivity contribution is 0.616. The van der Waals surface area contributed by atoms with E-state index in [0.717, 1.165) is 5.56 Å². The van der Waals surface area contributed by atoms with Crippen LogP contribution in [0.4, 0.5) is 8.78 Å². The molecule has 2 aromatic carbocycles. The van der Waals surface area contributed by atoms with Gasteiger partial charge in [0.05, 0.1) is 16.7 Å². The SMILES string of the molecule is Cc1ccc(F)c(-n2c(CCCl)nc3cc(F)ccc32)c1. The average molecular weight is 307 g/mol. The standard InChI is InChI=1S/C16H13ClF2N2/c1-10-2-4-12(19)15(8-10)21-14-5-3-11(18)9-13(14)20-16(21)6-7-17/h2-5,8-9H,6-7H2,1H3. The van der Waals surface area contributed by atoms with Crippen molar-refractivity contribution < 1.29 is 8.78 Å². The number of fused-ring (bicyclic) bond motifs is 1. The molecule has 2 nitrogen and oxygen atoms in total. The molecule has 0 fully saturated rings. The molecule has 0 bridgehead atoms. The molecule has 0 spiro atoms. The first kappa shape index (κ1) is 14.0. The molecule has 5 heteroatoms. The van der Waals surface area contributed by atoms with Crippen molar-refractivity contribution in [1.29, 1.82) is 0 Å². The molecule has 0 amide bonds. The maximum Gasteiger partial charge on any atom is 0.147 e. The summed E-state index contributed by atoms with van der Waals surface area (Å²) in [5, 5.41) is 0. The molecule has 3 rings (SSSR count). The molecular weight excluding hydrogens is 294 g/mol. The highest BCUT2D eigenvalue weighted by molar-refractivity contribution is 6.17. The van der Waals surface area contributed by atoms with E-state index in [1.807, 2.05) is 6.92 Å². The maximum absolute atomic E-state index is 14.2. The van der Waals surface area contributed by atoms with Gasteiger partial charge < -0.3 is 0 Å². The summed E-state index contributed by atoms with van der Waals surface area (Å²) in [6.07, 6.45) is 0.477. The van der Waals surface area contributed by atoms with Crippen molar-refractivity contribution in [2.24, 2.45) is 0 Å². The summed E-state index contributed by atoms with van der Waals surface area (Å²) in [5.41, 5.74) is 2.51. The molecule has 0 radical (unpaired) electrons. The lowest BCUT2D eigenvalue weighted by Crippen LogP contribution is -2.04. The molecule has 3 aromatic rings. The van der Waals surface area contributed by atoms with Crippen molar-refractivity contribution in [3.63, 3.8) is 0 Å². The second-order valence-corrected chi connectivity index (χ2v) is 5.27. The van der Waals surface area contributed by atoms with Gasteiger partial charge in [0.25, 0.3) is 0 Å². The third kappa shape index (κ3) is 2.51. The molecule has 1 aromatic heterocycles. The van der Waals surface area contributed by atoms with Gasteiger partial charge in [0.15, 0.2) is 0 Å². The summed E-state index contributed by atoms with van der Waals surface area (Å²) in [6, 6.07) is 9.17. The van der Waals surface area contributed by atoms with Gasteiger partial charge in [-0.05, 0) is 36.8 Å². The van der Waals surface area contributed by atoms with Gasteiger partial charge in [0, 0.05) is 18.4 Å². The zero-order valence-electron chi connectivity index (χ0n) is 11.4. The Balaban J connectivity index is 2.33. The summed E-state index contributed by atoms with van der Waals surface area (Å²) in [7, 11) is 0. The Labute approximate surface area is 126 Å². The highest BCUT2D eigenvalue weighted by atomic mass is 35.5. The Morgan fingerprint density at radius 2 is 1.95 bits per heavy atom. The topological polar surface area (TPSA) is 17.8 Å². The van der Waals surface area contributed by atoms with Crippen LogP contribution in [0.15, 0.2) is 36.4 Å². The van der Waals surface area contributed by atoms with Crippen molar-refractivity contribution in [2.45, 2.75) is 13.3 Å². The molecule has 1 heterocycles. The molecule has 0 aliphatic rings. The number of hydrogen-bond acceptors (Lipinski definition) is 1. The number of benzene rings is 2. The van der Waals surface area contributed by atoms with E-state index in [-0.39, 0.29) is 11.6 Å². The predicted molar refractivity (Wildman–Crippen MR) is 80.1 cm³/mol. The molecule has 0 aliphatic carbocycles.